The van der Waals surface area contributed by atoms with Crippen molar-refractivity contribution >= 4 is 21.8 Å². The van der Waals surface area contributed by atoms with Gasteiger partial charge in [-0.2, -0.15) is 0 Å². The molecule has 0 unspecified atom stereocenters. The quantitative estimate of drug-likeness (QED) is 0.773. The van der Waals surface area contributed by atoms with Crippen LogP contribution in [0.4, 0.5) is 0 Å². The van der Waals surface area contributed by atoms with Crippen LogP contribution in [0.3, 0.4) is 0 Å². The van der Waals surface area contributed by atoms with Crippen LogP contribution < -0.4 is 0 Å². The summed E-state index contributed by atoms with van der Waals surface area (Å²) in [6, 6.07) is 4.63. The Hall–Kier alpha value is -0.150. The fourth-order valence-corrected chi connectivity index (χ4v) is 7.45. The van der Waals surface area contributed by atoms with E-state index in [1.165, 1.54) is 71.5 Å². The summed E-state index contributed by atoms with van der Waals surface area (Å²) in [7, 11) is 1.32. The molecule has 0 radical (unpaired) electrons. The van der Waals surface area contributed by atoms with Gasteiger partial charge in [-0.25, -0.2) is 0 Å². The Morgan fingerprint density at radius 3 is 2.00 bits per heavy atom. The molecule has 2 aliphatic heterocycles. The Kier molecular flexibility index (Phi) is 4.53. The predicted molar refractivity (Wildman–Crippen MR) is 84.3 cm³/mol. The molecule has 3 heterocycles. The second-order valence-corrected chi connectivity index (χ2v) is 10.1. The minimum atomic E-state index is 0.650. The van der Waals surface area contributed by atoms with Crippen molar-refractivity contribution in [3.63, 3.8) is 0 Å². The molecule has 18 heavy (non-hydrogen) atoms. The molecule has 0 spiro atoms. The van der Waals surface area contributed by atoms with Gasteiger partial charge in [0.25, 0.3) is 0 Å². The predicted octanol–water partition coefficient (Wildman–Crippen LogP) is 2.91. The van der Waals surface area contributed by atoms with Gasteiger partial charge in [-0.3, -0.25) is 4.98 Å². The first kappa shape index (κ1) is 12.9. The number of rotatable bonds is 4. The molecule has 0 aliphatic carbocycles. The zero-order valence-corrected chi connectivity index (χ0v) is 12.7. The lowest BCUT2D eigenvalue weighted by atomic mass is 10.3. The summed E-state index contributed by atoms with van der Waals surface area (Å²) in [5, 5.41) is 0. The van der Waals surface area contributed by atoms with E-state index >= 15 is 0 Å². The highest BCUT2D eigenvalue weighted by molar-refractivity contribution is 7.96. The highest BCUT2D eigenvalue weighted by Gasteiger charge is 2.26. The second kappa shape index (κ2) is 6.33. The molecule has 2 fully saturated rings. The van der Waals surface area contributed by atoms with Crippen molar-refractivity contribution < 1.29 is 0 Å². The summed E-state index contributed by atoms with van der Waals surface area (Å²) in [5.41, 5.74) is 2.80. The molecule has 1 aromatic heterocycles. The van der Waals surface area contributed by atoms with Gasteiger partial charge in [0.15, 0.2) is 0 Å². The van der Waals surface area contributed by atoms with E-state index in [4.69, 9.17) is 4.98 Å². The van der Waals surface area contributed by atoms with Crippen LogP contribution in [0.1, 0.15) is 36.9 Å². The van der Waals surface area contributed by atoms with Gasteiger partial charge in [-0.1, -0.05) is 6.07 Å². The summed E-state index contributed by atoms with van der Waals surface area (Å²) in [6.45, 7) is 0. The third-order valence-electron chi connectivity index (χ3n) is 3.84. The van der Waals surface area contributed by atoms with E-state index in [9.17, 15) is 0 Å². The van der Waals surface area contributed by atoms with E-state index in [2.05, 4.69) is 18.3 Å². The van der Waals surface area contributed by atoms with Crippen LogP contribution in [-0.2, 0) is 33.3 Å². The van der Waals surface area contributed by atoms with Crippen LogP contribution >= 0.6 is 0 Å². The summed E-state index contributed by atoms with van der Waals surface area (Å²) < 4.78 is 0. The minimum absolute atomic E-state index is 0.650. The Labute approximate surface area is 116 Å². The van der Waals surface area contributed by atoms with Crippen molar-refractivity contribution in [3.05, 3.63) is 29.6 Å². The molecule has 0 bridgehead atoms. The number of pyridine rings is 1. The third kappa shape index (κ3) is 3.45. The zero-order chi connectivity index (χ0) is 12.2. The largest absolute Gasteiger partial charge is 0.256 e. The van der Waals surface area contributed by atoms with Crippen LogP contribution in [0.5, 0.6) is 0 Å². The van der Waals surface area contributed by atoms with Crippen molar-refractivity contribution in [2.45, 2.75) is 37.2 Å². The number of aromatic nitrogens is 1. The molecule has 2 aliphatic rings. The standard InChI is InChI=1S/C15H23NS2/c1-2-8-17(7-1)12-14-5-6-15(16-11-14)13-18-9-3-4-10-18/h5-6,11H,1-4,7-10,12-13H2/q+2. The maximum Gasteiger partial charge on any atom is 0.150 e. The van der Waals surface area contributed by atoms with Crippen molar-refractivity contribution in [3.8, 4) is 0 Å². The molecule has 0 aromatic carbocycles. The van der Waals surface area contributed by atoms with Gasteiger partial charge in [0.2, 0.25) is 0 Å². The molecule has 2 saturated heterocycles. The van der Waals surface area contributed by atoms with Crippen LogP contribution in [-0.4, -0.2) is 28.0 Å². The molecule has 3 rings (SSSR count). The van der Waals surface area contributed by atoms with Gasteiger partial charge in [0.1, 0.15) is 34.5 Å². The molecule has 3 heteroatoms. The van der Waals surface area contributed by atoms with Crippen LogP contribution in [0.2, 0.25) is 0 Å². The van der Waals surface area contributed by atoms with Gasteiger partial charge in [-0.05, 0) is 53.5 Å². The normalized spacial score (nSPS) is 21.8. The van der Waals surface area contributed by atoms with E-state index in [0.29, 0.717) is 21.8 Å². The van der Waals surface area contributed by atoms with Gasteiger partial charge >= 0.3 is 0 Å². The number of nitrogens with zero attached hydrogens (tertiary/aromatic N) is 1. The first-order chi connectivity index (χ1) is 8.90. The third-order valence-corrected chi connectivity index (χ3v) is 8.75. The highest BCUT2D eigenvalue weighted by atomic mass is 32.2. The van der Waals surface area contributed by atoms with E-state index in [1.54, 1.807) is 0 Å². The zero-order valence-electron chi connectivity index (χ0n) is 11.1. The molecular formula is C15H23NS2+2. The molecule has 0 atom stereocenters. The van der Waals surface area contributed by atoms with Gasteiger partial charge in [-0.15, -0.1) is 0 Å². The topological polar surface area (TPSA) is 12.9 Å². The van der Waals surface area contributed by atoms with Crippen molar-refractivity contribution in [2.75, 3.05) is 23.0 Å². The molecule has 0 N–H and O–H groups in total. The molecule has 0 amide bonds. The lowest BCUT2D eigenvalue weighted by molar-refractivity contribution is 0.949. The van der Waals surface area contributed by atoms with Crippen molar-refractivity contribution in [2.24, 2.45) is 0 Å². The van der Waals surface area contributed by atoms with Crippen LogP contribution in [0.15, 0.2) is 18.3 Å². The van der Waals surface area contributed by atoms with Gasteiger partial charge in [0, 0.05) is 11.8 Å². The maximum absolute atomic E-state index is 4.70. The lowest BCUT2D eigenvalue weighted by Crippen LogP contribution is -2.09. The average Bonchev–Trinajstić information content (AvgIpc) is 3.05. The summed E-state index contributed by atoms with van der Waals surface area (Å²) in [5.74, 6) is 8.36. The first-order valence-corrected chi connectivity index (χ1v) is 10.6. The average molecular weight is 281 g/mol. The SMILES string of the molecule is c1cc(C[S+]2CCCC2)ncc1C[S+]1CCCC1. The van der Waals surface area contributed by atoms with E-state index in [1.807, 2.05) is 0 Å². The van der Waals surface area contributed by atoms with Gasteiger partial charge in [0.05, 0.1) is 5.69 Å². The number of hydrogen-bond donors (Lipinski definition) is 0. The Balaban J connectivity index is 1.54. The van der Waals surface area contributed by atoms with Crippen LogP contribution in [0, 0.1) is 0 Å². The Morgan fingerprint density at radius 2 is 1.44 bits per heavy atom. The molecule has 0 saturated carbocycles. The maximum atomic E-state index is 4.70. The smallest absolute Gasteiger partial charge is 0.150 e. The summed E-state index contributed by atoms with van der Waals surface area (Å²) >= 11 is 0. The van der Waals surface area contributed by atoms with Crippen LogP contribution in [0.25, 0.3) is 0 Å². The fraction of sp³-hybridized carbons (Fsp3) is 0.667. The second-order valence-electron chi connectivity index (χ2n) is 5.40. The molecule has 98 valence electrons. The van der Waals surface area contributed by atoms with E-state index in [-0.39, 0.29) is 0 Å². The monoisotopic (exact) mass is 281 g/mol. The van der Waals surface area contributed by atoms with E-state index in [0.717, 1.165) is 0 Å². The minimum Gasteiger partial charge on any atom is -0.256 e. The first-order valence-electron chi connectivity index (χ1n) is 7.12. The fourth-order valence-electron chi connectivity index (χ4n) is 2.79. The Morgan fingerprint density at radius 1 is 0.833 bits per heavy atom. The van der Waals surface area contributed by atoms with E-state index < -0.39 is 0 Å². The highest BCUT2D eigenvalue weighted by Crippen LogP contribution is 2.20. The molecule has 1 nitrogen and oxygen atoms in total. The molecule has 1 aromatic rings. The lowest BCUT2D eigenvalue weighted by Gasteiger charge is -2.03. The summed E-state index contributed by atoms with van der Waals surface area (Å²) in [4.78, 5) is 4.70. The molecular weight excluding hydrogens is 258 g/mol. The van der Waals surface area contributed by atoms with Crippen molar-refractivity contribution in [1.82, 2.24) is 4.98 Å². The summed E-state index contributed by atoms with van der Waals surface area (Å²) in [6.07, 6.45) is 7.96. The van der Waals surface area contributed by atoms with Crippen molar-refractivity contribution in [1.29, 1.82) is 0 Å². The van der Waals surface area contributed by atoms with Gasteiger partial charge < -0.3 is 0 Å². The Bertz CT molecular complexity index is 328. The number of hydrogen-bond acceptors (Lipinski definition) is 1.